The molecule has 15 heavy (non-hydrogen) atoms. The lowest BCUT2D eigenvalue weighted by Crippen LogP contribution is -2.12. The van der Waals surface area contributed by atoms with Gasteiger partial charge in [-0.3, -0.25) is 0 Å². The maximum Gasteiger partial charge on any atom is 0.211 e. The summed E-state index contributed by atoms with van der Waals surface area (Å²) in [6, 6.07) is 4.30. The number of nitrogens with zero attached hydrogens (tertiary/aromatic N) is 1. The van der Waals surface area contributed by atoms with Crippen molar-refractivity contribution in [2.45, 2.75) is 19.9 Å². The van der Waals surface area contributed by atoms with E-state index >= 15 is 0 Å². The number of rotatable bonds is 3. The SMILES string of the molecule is CNC(C)c1ncc(-c2ccc(C)s2)o1. The first-order valence-corrected chi connectivity index (χ1v) is 5.72. The van der Waals surface area contributed by atoms with E-state index in [1.165, 1.54) is 4.88 Å². The molecule has 0 aliphatic rings. The van der Waals surface area contributed by atoms with Crippen LogP contribution in [-0.4, -0.2) is 12.0 Å². The van der Waals surface area contributed by atoms with Gasteiger partial charge in [-0.25, -0.2) is 4.98 Å². The van der Waals surface area contributed by atoms with Crippen LogP contribution in [0.5, 0.6) is 0 Å². The Morgan fingerprint density at radius 3 is 2.87 bits per heavy atom. The number of nitrogens with one attached hydrogen (secondary N) is 1. The zero-order valence-corrected chi connectivity index (χ0v) is 9.89. The molecule has 0 bridgehead atoms. The number of thiophene rings is 1. The summed E-state index contributed by atoms with van der Waals surface area (Å²) in [5.41, 5.74) is 0. The lowest BCUT2D eigenvalue weighted by Gasteiger charge is -2.03. The third kappa shape index (κ3) is 2.11. The van der Waals surface area contributed by atoms with Crippen molar-refractivity contribution in [2.24, 2.45) is 0 Å². The van der Waals surface area contributed by atoms with Crippen LogP contribution < -0.4 is 5.32 Å². The van der Waals surface area contributed by atoms with Crippen LogP contribution in [0.3, 0.4) is 0 Å². The Kier molecular flexibility index (Phi) is 2.88. The van der Waals surface area contributed by atoms with Gasteiger partial charge >= 0.3 is 0 Å². The van der Waals surface area contributed by atoms with E-state index in [2.05, 4.69) is 29.4 Å². The molecule has 0 amide bonds. The Labute approximate surface area is 93.2 Å². The van der Waals surface area contributed by atoms with Gasteiger partial charge in [0.25, 0.3) is 0 Å². The van der Waals surface area contributed by atoms with E-state index in [9.17, 15) is 0 Å². The second kappa shape index (κ2) is 4.16. The highest BCUT2D eigenvalue weighted by Crippen LogP contribution is 2.29. The Bertz CT molecular complexity index is 447. The summed E-state index contributed by atoms with van der Waals surface area (Å²) in [7, 11) is 1.89. The van der Waals surface area contributed by atoms with Crippen molar-refractivity contribution < 1.29 is 4.42 Å². The first-order chi connectivity index (χ1) is 7.20. The number of oxazole rings is 1. The van der Waals surface area contributed by atoms with Gasteiger partial charge < -0.3 is 9.73 Å². The van der Waals surface area contributed by atoms with Gasteiger partial charge in [-0.2, -0.15) is 0 Å². The van der Waals surface area contributed by atoms with Gasteiger partial charge in [-0.05, 0) is 33.0 Å². The number of hydrogen-bond acceptors (Lipinski definition) is 4. The Morgan fingerprint density at radius 1 is 1.47 bits per heavy atom. The van der Waals surface area contributed by atoms with Crippen LogP contribution in [-0.2, 0) is 0 Å². The number of aryl methyl sites for hydroxylation is 1. The molecule has 3 nitrogen and oxygen atoms in total. The fourth-order valence-corrected chi connectivity index (χ4v) is 2.11. The molecule has 0 aliphatic heterocycles. The topological polar surface area (TPSA) is 38.1 Å². The predicted octanol–water partition coefficient (Wildman–Crippen LogP) is 2.99. The molecule has 0 radical (unpaired) electrons. The van der Waals surface area contributed by atoms with E-state index < -0.39 is 0 Å². The fourth-order valence-electron chi connectivity index (χ4n) is 1.29. The van der Waals surface area contributed by atoms with Gasteiger partial charge in [0.2, 0.25) is 5.89 Å². The molecule has 1 N–H and O–H groups in total. The first kappa shape index (κ1) is 10.4. The molecule has 2 heterocycles. The van der Waals surface area contributed by atoms with Crippen molar-refractivity contribution in [2.75, 3.05) is 7.05 Å². The number of aromatic nitrogens is 1. The van der Waals surface area contributed by atoms with Crippen LogP contribution in [0, 0.1) is 6.92 Å². The van der Waals surface area contributed by atoms with Crippen molar-refractivity contribution in [3.63, 3.8) is 0 Å². The summed E-state index contributed by atoms with van der Waals surface area (Å²) in [5, 5.41) is 3.10. The maximum absolute atomic E-state index is 5.67. The normalized spacial score (nSPS) is 13.0. The van der Waals surface area contributed by atoms with Crippen LogP contribution in [0.2, 0.25) is 0 Å². The second-order valence-electron chi connectivity index (χ2n) is 3.48. The molecule has 1 atom stereocenters. The van der Waals surface area contributed by atoms with Crippen LogP contribution in [0.15, 0.2) is 22.7 Å². The van der Waals surface area contributed by atoms with Crippen LogP contribution in [0.25, 0.3) is 10.6 Å². The molecule has 4 heteroatoms. The summed E-state index contributed by atoms with van der Waals surface area (Å²) in [4.78, 5) is 6.67. The van der Waals surface area contributed by atoms with Crippen molar-refractivity contribution in [3.05, 3.63) is 29.1 Å². The lowest BCUT2D eigenvalue weighted by atomic mass is 10.3. The average Bonchev–Trinajstić information content (AvgIpc) is 2.84. The predicted molar refractivity (Wildman–Crippen MR) is 62.0 cm³/mol. The van der Waals surface area contributed by atoms with Crippen LogP contribution in [0.1, 0.15) is 23.7 Å². The molecular weight excluding hydrogens is 208 g/mol. The number of hydrogen-bond donors (Lipinski definition) is 1. The summed E-state index contributed by atoms with van der Waals surface area (Å²) in [6.45, 7) is 4.11. The summed E-state index contributed by atoms with van der Waals surface area (Å²) >= 11 is 1.72. The van der Waals surface area contributed by atoms with Crippen molar-refractivity contribution in [3.8, 4) is 10.6 Å². The summed E-state index contributed by atoms with van der Waals surface area (Å²) in [6.07, 6.45) is 1.79. The molecule has 2 aromatic heterocycles. The molecule has 2 aromatic rings. The van der Waals surface area contributed by atoms with Gasteiger partial charge in [0.05, 0.1) is 17.1 Å². The molecule has 2 rings (SSSR count). The highest BCUT2D eigenvalue weighted by atomic mass is 32.1. The largest absolute Gasteiger partial charge is 0.438 e. The minimum atomic E-state index is 0.153. The molecule has 0 spiro atoms. The summed E-state index contributed by atoms with van der Waals surface area (Å²) in [5.74, 6) is 1.59. The first-order valence-electron chi connectivity index (χ1n) is 4.90. The zero-order valence-electron chi connectivity index (χ0n) is 9.07. The van der Waals surface area contributed by atoms with Crippen molar-refractivity contribution in [1.29, 1.82) is 0 Å². The van der Waals surface area contributed by atoms with Gasteiger partial charge in [-0.15, -0.1) is 11.3 Å². The molecule has 0 fully saturated rings. The molecule has 0 saturated heterocycles. The van der Waals surface area contributed by atoms with Crippen LogP contribution in [0.4, 0.5) is 0 Å². The monoisotopic (exact) mass is 222 g/mol. The Hall–Kier alpha value is -1.13. The third-order valence-electron chi connectivity index (χ3n) is 2.31. The second-order valence-corrected chi connectivity index (χ2v) is 4.77. The molecule has 1 unspecified atom stereocenters. The molecular formula is C11H14N2OS. The quantitative estimate of drug-likeness (QED) is 0.867. The van der Waals surface area contributed by atoms with Crippen molar-refractivity contribution >= 4 is 11.3 Å². The van der Waals surface area contributed by atoms with E-state index in [0.717, 1.165) is 16.5 Å². The minimum Gasteiger partial charge on any atom is -0.438 e. The lowest BCUT2D eigenvalue weighted by molar-refractivity contribution is 0.442. The van der Waals surface area contributed by atoms with Gasteiger partial charge in [0.15, 0.2) is 5.76 Å². The fraction of sp³-hybridized carbons (Fsp3) is 0.364. The minimum absolute atomic E-state index is 0.153. The van der Waals surface area contributed by atoms with E-state index in [1.807, 2.05) is 14.0 Å². The standard InChI is InChI=1S/C11H14N2OS/c1-7-4-5-10(15-7)9-6-13-11(14-9)8(2)12-3/h4-6,8,12H,1-3H3. The highest BCUT2D eigenvalue weighted by Gasteiger charge is 2.12. The van der Waals surface area contributed by atoms with Gasteiger partial charge in [0.1, 0.15) is 0 Å². The van der Waals surface area contributed by atoms with E-state index in [0.29, 0.717) is 0 Å². The van der Waals surface area contributed by atoms with E-state index in [1.54, 1.807) is 17.5 Å². The maximum atomic E-state index is 5.67. The van der Waals surface area contributed by atoms with E-state index in [-0.39, 0.29) is 6.04 Å². The Balaban J connectivity index is 2.27. The average molecular weight is 222 g/mol. The van der Waals surface area contributed by atoms with Crippen molar-refractivity contribution in [1.82, 2.24) is 10.3 Å². The molecule has 0 aliphatic carbocycles. The smallest absolute Gasteiger partial charge is 0.211 e. The van der Waals surface area contributed by atoms with Gasteiger partial charge in [0, 0.05) is 4.88 Å². The van der Waals surface area contributed by atoms with Crippen LogP contribution >= 0.6 is 11.3 Å². The third-order valence-corrected chi connectivity index (χ3v) is 3.33. The molecule has 0 aromatic carbocycles. The highest BCUT2D eigenvalue weighted by molar-refractivity contribution is 7.15. The van der Waals surface area contributed by atoms with E-state index in [4.69, 9.17) is 4.42 Å². The Morgan fingerprint density at radius 2 is 2.27 bits per heavy atom. The molecule has 80 valence electrons. The summed E-state index contributed by atoms with van der Waals surface area (Å²) < 4.78 is 5.67. The molecule has 0 saturated carbocycles. The zero-order chi connectivity index (χ0) is 10.8. The van der Waals surface area contributed by atoms with Gasteiger partial charge in [-0.1, -0.05) is 0 Å².